The summed E-state index contributed by atoms with van der Waals surface area (Å²) in [4.78, 5) is 26.8. The normalized spacial score (nSPS) is 11.1. The minimum Gasteiger partial charge on any atom is -0.340 e. The molecule has 0 N–H and O–H groups in total. The topological polar surface area (TPSA) is 65.1 Å². The van der Waals surface area contributed by atoms with Gasteiger partial charge in [0.25, 0.3) is 0 Å². The van der Waals surface area contributed by atoms with E-state index in [-0.39, 0.29) is 18.1 Å². The number of hydrogen-bond donors (Lipinski definition) is 0. The van der Waals surface area contributed by atoms with Crippen LogP contribution >= 0.6 is 0 Å². The van der Waals surface area contributed by atoms with E-state index in [0.29, 0.717) is 6.54 Å². The third-order valence-electron chi connectivity index (χ3n) is 4.85. The Morgan fingerprint density at radius 1 is 1.04 bits per heavy atom. The summed E-state index contributed by atoms with van der Waals surface area (Å²) in [6.45, 7) is 0.425. The molecule has 0 atom stereocenters. The number of nitrogens with zero attached hydrogens (tertiary/aromatic N) is 5. The number of likely N-dealkylation sites (N-methyl/N-ethyl adjacent to an activating group) is 1. The number of carbonyl (C=O) groups excluding carboxylic acids is 1. The maximum Gasteiger partial charge on any atom is 0.329 e. The van der Waals surface area contributed by atoms with E-state index in [1.165, 1.54) is 4.57 Å². The van der Waals surface area contributed by atoms with Gasteiger partial charge < -0.3 is 4.90 Å². The fourth-order valence-electron chi connectivity index (χ4n) is 3.30. The number of rotatable bonds is 5. The Morgan fingerprint density at radius 2 is 1.71 bits per heavy atom. The molecular weight excluding hydrogens is 354 g/mol. The number of aromatic nitrogens is 4. The molecule has 0 saturated carbocycles. The van der Waals surface area contributed by atoms with Crippen LogP contribution in [-0.4, -0.2) is 36.8 Å². The lowest BCUT2D eigenvalue weighted by atomic mass is 10.3. The Balaban J connectivity index is 1.50. The quantitative estimate of drug-likeness (QED) is 0.537. The van der Waals surface area contributed by atoms with Crippen LogP contribution in [-0.2, 0) is 24.9 Å². The lowest BCUT2D eigenvalue weighted by Gasteiger charge is -2.16. The highest BCUT2D eigenvalue weighted by atomic mass is 16.2. The fraction of sp³-hybridized carbons (Fsp3) is 0.190. The summed E-state index contributed by atoms with van der Waals surface area (Å²) in [6.07, 6.45) is 3.66. The van der Waals surface area contributed by atoms with Crippen LogP contribution in [0, 0.1) is 0 Å². The molecule has 142 valence electrons. The molecule has 2 aromatic heterocycles. The van der Waals surface area contributed by atoms with E-state index >= 15 is 0 Å². The first-order valence-corrected chi connectivity index (χ1v) is 9.02. The van der Waals surface area contributed by atoms with Crippen molar-refractivity contribution in [2.24, 2.45) is 7.05 Å². The first kappa shape index (κ1) is 17.8. The number of benzene rings is 2. The number of fused-ring (bicyclic) bond motifs is 1. The van der Waals surface area contributed by atoms with Crippen LogP contribution < -0.4 is 5.69 Å². The minimum absolute atomic E-state index is 0.00348. The standard InChI is InChI=1S/C21H21N5O2/c1-23(13-16-12-22-26(14-16)17-8-4-3-5-9-17)20(27)15-25-19-11-7-6-10-18(19)24(2)21(25)28/h3-12,14H,13,15H2,1-2H3. The molecule has 7 heteroatoms. The third kappa shape index (κ3) is 3.22. The summed E-state index contributed by atoms with van der Waals surface area (Å²) in [7, 11) is 3.45. The van der Waals surface area contributed by atoms with Gasteiger partial charge in [-0.15, -0.1) is 0 Å². The number of imidazole rings is 1. The summed E-state index contributed by atoms with van der Waals surface area (Å²) in [5.41, 5.74) is 3.26. The van der Waals surface area contributed by atoms with E-state index in [1.807, 2.05) is 60.8 Å². The first-order chi connectivity index (χ1) is 13.5. The largest absolute Gasteiger partial charge is 0.340 e. The van der Waals surface area contributed by atoms with Gasteiger partial charge in [-0.1, -0.05) is 30.3 Å². The van der Waals surface area contributed by atoms with Crippen LogP contribution in [0.5, 0.6) is 0 Å². The Labute approximate surface area is 162 Å². The maximum atomic E-state index is 12.7. The molecule has 0 aliphatic carbocycles. The van der Waals surface area contributed by atoms with Gasteiger partial charge in [-0.05, 0) is 24.3 Å². The van der Waals surface area contributed by atoms with Gasteiger partial charge in [-0.25, -0.2) is 9.48 Å². The highest BCUT2D eigenvalue weighted by Gasteiger charge is 2.16. The Hall–Kier alpha value is -3.61. The van der Waals surface area contributed by atoms with Crippen molar-refractivity contribution in [3.05, 3.63) is 83.0 Å². The second-order valence-corrected chi connectivity index (χ2v) is 6.79. The number of carbonyl (C=O) groups is 1. The molecule has 0 radical (unpaired) electrons. The molecule has 28 heavy (non-hydrogen) atoms. The predicted octanol–water partition coefficient (Wildman–Crippen LogP) is 2.18. The SMILES string of the molecule is CN(Cc1cnn(-c2ccccc2)c1)C(=O)Cn1c(=O)n(C)c2ccccc21. The maximum absolute atomic E-state index is 12.7. The molecule has 0 spiro atoms. The predicted molar refractivity (Wildman–Crippen MR) is 107 cm³/mol. The van der Waals surface area contributed by atoms with Crippen LogP contribution in [0.4, 0.5) is 0 Å². The molecule has 7 nitrogen and oxygen atoms in total. The lowest BCUT2D eigenvalue weighted by molar-refractivity contribution is -0.131. The molecule has 4 rings (SSSR count). The second-order valence-electron chi connectivity index (χ2n) is 6.79. The summed E-state index contributed by atoms with van der Waals surface area (Å²) in [5, 5.41) is 4.36. The van der Waals surface area contributed by atoms with E-state index in [2.05, 4.69) is 5.10 Å². The van der Waals surface area contributed by atoms with Gasteiger partial charge in [0.1, 0.15) is 6.54 Å². The third-order valence-corrected chi connectivity index (χ3v) is 4.85. The first-order valence-electron chi connectivity index (χ1n) is 9.02. The van der Waals surface area contributed by atoms with Gasteiger partial charge in [0.15, 0.2) is 0 Å². The van der Waals surface area contributed by atoms with Crippen molar-refractivity contribution in [2.45, 2.75) is 13.1 Å². The van der Waals surface area contributed by atoms with Crippen molar-refractivity contribution in [1.29, 1.82) is 0 Å². The van der Waals surface area contributed by atoms with Crippen LogP contribution in [0.25, 0.3) is 16.7 Å². The smallest absolute Gasteiger partial charge is 0.329 e. The summed E-state index contributed by atoms with van der Waals surface area (Å²) in [5.74, 6) is -0.133. The summed E-state index contributed by atoms with van der Waals surface area (Å²) in [6, 6.07) is 17.3. The molecule has 4 aromatic rings. The van der Waals surface area contributed by atoms with Crippen molar-refractivity contribution >= 4 is 16.9 Å². The minimum atomic E-state index is -0.195. The van der Waals surface area contributed by atoms with Gasteiger partial charge in [0, 0.05) is 32.4 Å². The highest BCUT2D eigenvalue weighted by Crippen LogP contribution is 2.13. The van der Waals surface area contributed by atoms with E-state index in [4.69, 9.17) is 0 Å². The Morgan fingerprint density at radius 3 is 2.46 bits per heavy atom. The number of amides is 1. The zero-order chi connectivity index (χ0) is 19.7. The lowest BCUT2D eigenvalue weighted by Crippen LogP contribution is -2.33. The molecule has 2 aromatic carbocycles. The Kier molecular flexibility index (Phi) is 4.57. The molecule has 0 saturated heterocycles. The van der Waals surface area contributed by atoms with Crippen molar-refractivity contribution in [1.82, 2.24) is 23.8 Å². The molecule has 2 heterocycles. The highest BCUT2D eigenvalue weighted by molar-refractivity contribution is 5.80. The molecule has 1 amide bonds. The monoisotopic (exact) mass is 375 g/mol. The van der Waals surface area contributed by atoms with Crippen molar-refractivity contribution in [3.63, 3.8) is 0 Å². The van der Waals surface area contributed by atoms with Crippen molar-refractivity contribution in [2.75, 3.05) is 7.05 Å². The molecule has 0 aliphatic rings. The molecule has 0 aliphatic heterocycles. The number of para-hydroxylation sites is 3. The average Bonchev–Trinajstić information content (AvgIpc) is 3.28. The molecule has 0 unspecified atom stereocenters. The number of aryl methyl sites for hydroxylation is 1. The zero-order valence-electron chi connectivity index (χ0n) is 15.8. The van der Waals surface area contributed by atoms with Gasteiger partial charge in [0.05, 0.1) is 22.9 Å². The van der Waals surface area contributed by atoms with Crippen molar-refractivity contribution < 1.29 is 4.79 Å². The van der Waals surface area contributed by atoms with E-state index < -0.39 is 0 Å². The Bertz CT molecular complexity index is 1190. The molecule has 0 bridgehead atoms. The van der Waals surface area contributed by atoms with Gasteiger partial charge in [0.2, 0.25) is 5.91 Å². The van der Waals surface area contributed by atoms with Gasteiger partial charge in [-0.3, -0.25) is 13.9 Å². The zero-order valence-corrected chi connectivity index (χ0v) is 15.8. The molecular formula is C21H21N5O2. The number of hydrogen-bond acceptors (Lipinski definition) is 3. The second kappa shape index (κ2) is 7.19. The van der Waals surface area contributed by atoms with Gasteiger partial charge in [-0.2, -0.15) is 5.10 Å². The molecule has 0 fully saturated rings. The van der Waals surface area contributed by atoms with Crippen LogP contribution in [0.15, 0.2) is 71.8 Å². The average molecular weight is 375 g/mol. The van der Waals surface area contributed by atoms with Crippen LogP contribution in [0.1, 0.15) is 5.56 Å². The van der Waals surface area contributed by atoms with Gasteiger partial charge >= 0.3 is 5.69 Å². The van der Waals surface area contributed by atoms with Crippen LogP contribution in [0.3, 0.4) is 0 Å². The van der Waals surface area contributed by atoms with E-state index in [1.54, 1.807) is 34.4 Å². The van der Waals surface area contributed by atoms with Crippen LogP contribution in [0.2, 0.25) is 0 Å². The van der Waals surface area contributed by atoms with Crippen molar-refractivity contribution in [3.8, 4) is 5.69 Å². The van der Waals surface area contributed by atoms with E-state index in [0.717, 1.165) is 22.3 Å². The summed E-state index contributed by atoms with van der Waals surface area (Å²) >= 11 is 0. The fourth-order valence-corrected chi connectivity index (χ4v) is 3.30. The van der Waals surface area contributed by atoms with E-state index in [9.17, 15) is 9.59 Å². The summed E-state index contributed by atoms with van der Waals surface area (Å²) < 4.78 is 4.86.